The molecule has 0 spiro atoms. The number of carbonyl (C=O) groups excluding carboxylic acids is 1. The molecule has 1 saturated heterocycles. The number of aromatic nitrogens is 1. The van der Waals surface area contributed by atoms with Crippen molar-refractivity contribution in [2.75, 3.05) is 25.1 Å². The van der Waals surface area contributed by atoms with Crippen LogP contribution in [-0.2, 0) is 4.74 Å². The fraction of sp³-hybridized carbons (Fsp3) is 0.455. The van der Waals surface area contributed by atoms with E-state index in [1.54, 1.807) is 18.3 Å². The lowest BCUT2D eigenvalue weighted by Crippen LogP contribution is -2.24. The first-order chi connectivity index (χ1) is 7.72. The van der Waals surface area contributed by atoms with E-state index in [9.17, 15) is 9.90 Å². The van der Waals surface area contributed by atoms with E-state index in [0.29, 0.717) is 30.9 Å². The summed E-state index contributed by atoms with van der Waals surface area (Å²) in [7, 11) is 1.35. The number of ether oxygens (including phenoxy) is 1. The molecular weight excluding hydrogens is 208 g/mol. The predicted molar refractivity (Wildman–Crippen MR) is 58.4 cm³/mol. The molecule has 0 aromatic carbocycles. The van der Waals surface area contributed by atoms with E-state index in [1.165, 1.54) is 7.11 Å². The normalized spacial score (nSPS) is 19.9. The molecule has 1 aliphatic heterocycles. The maximum Gasteiger partial charge on any atom is 0.341 e. The molecule has 0 aliphatic carbocycles. The van der Waals surface area contributed by atoms with E-state index >= 15 is 0 Å². The number of esters is 1. The average molecular weight is 222 g/mol. The van der Waals surface area contributed by atoms with Gasteiger partial charge in [-0.15, -0.1) is 0 Å². The Kier molecular flexibility index (Phi) is 3.05. The van der Waals surface area contributed by atoms with Gasteiger partial charge in [0.25, 0.3) is 0 Å². The predicted octanol–water partition coefficient (Wildman–Crippen LogP) is 0.439. The van der Waals surface area contributed by atoms with Crippen molar-refractivity contribution >= 4 is 11.8 Å². The first kappa shape index (κ1) is 10.9. The molecule has 1 atom stereocenters. The number of hydrogen-bond donors (Lipinski definition) is 1. The molecule has 0 bridgehead atoms. The summed E-state index contributed by atoms with van der Waals surface area (Å²) in [5.74, 6) is 0.190. The molecule has 2 rings (SSSR count). The molecule has 0 unspecified atom stereocenters. The van der Waals surface area contributed by atoms with Crippen molar-refractivity contribution < 1.29 is 14.6 Å². The van der Waals surface area contributed by atoms with Gasteiger partial charge < -0.3 is 14.7 Å². The molecule has 0 saturated carbocycles. The third-order valence-corrected chi connectivity index (χ3v) is 2.65. The van der Waals surface area contributed by atoms with Crippen molar-refractivity contribution in [2.45, 2.75) is 12.5 Å². The third-order valence-electron chi connectivity index (χ3n) is 2.65. The zero-order valence-electron chi connectivity index (χ0n) is 9.09. The van der Waals surface area contributed by atoms with E-state index in [-0.39, 0.29) is 6.10 Å². The molecule has 1 fully saturated rings. The van der Waals surface area contributed by atoms with Crippen LogP contribution in [0.15, 0.2) is 18.3 Å². The number of anilines is 1. The number of carbonyl (C=O) groups is 1. The number of nitrogens with zero attached hydrogens (tertiary/aromatic N) is 2. The zero-order chi connectivity index (χ0) is 11.5. The van der Waals surface area contributed by atoms with Crippen LogP contribution in [0.3, 0.4) is 0 Å². The molecule has 5 heteroatoms. The van der Waals surface area contributed by atoms with E-state index in [2.05, 4.69) is 4.98 Å². The first-order valence-corrected chi connectivity index (χ1v) is 5.18. The van der Waals surface area contributed by atoms with Crippen molar-refractivity contribution in [3.8, 4) is 0 Å². The van der Waals surface area contributed by atoms with Crippen LogP contribution in [0.5, 0.6) is 0 Å². The molecule has 2 heterocycles. The van der Waals surface area contributed by atoms with E-state index in [1.807, 2.05) is 4.90 Å². The molecule has 5 nitrogen and oxygen atoms in total. The van der Waals surface area contributed by atoms with Gasteiger partial charge in [0.2, 0.25) is 0 Å². The maximum absolute atomic E-state index is 11.5. The highest BCUT2D eigenvalue weighted by Crippen LogP contribution is 2.22. The second-order valence-electron chi connectivity index (χ2n) is 3.75. The van der Waals surface area contributed by atoms with Gasteiger partial charge >= 0.3 is 5.97 Å². The van der Waals surface area contributed by atoms with Crippen molar-refractivity contribution in [3.05, 3.63) is 23.9 Å². The molecule has 0 amide bonds. The van der Waals surface area contributed by atoms with Crippen LogP contribution >= 0.6 is 0 Å². The van der Waals surface area contributed by atoms with Gasteiger partial charge in [-0.3, -0.25) is 0 Å². The summed E-state index contributed by atoms with van der Waals surface area (Å²) in [6.07, 6.45) is 2.00. The molecular formula is C11H14N2O3. The number of pyridine rings is 1. The smallest absolute Gasteiger partial charge is 0.341 e. The van der Waals surface area contributed by atoms with Gasteiger partial charge in [0, 0.05) is 19.3 Å². The third kappa shape index (κ3) is 1.99. The Bertz CT molecular complexity index is 395. The second kappa shape index (κ2) is 4.49. The summed E-state index contributed by atoms with van der Waals surface area (Å²) in [6.45, 7) is 1.23. The molecule has 16 heavy (non-hydrogen) atoms. The Morgan fingerprint density at radius 2 is 2.50 bits per heavy atom. The Hall–Kier alpha value is -1.62. The van der Waals surface area contributed by atoms with Crippen LogP contribution in [0.2, 0.25) is 0 Å². The minimum absolute atomic E-state index is 0.340. The molecule has 86 valence electrons. The summed E-state index contributed by atoms with van der Waals surface area (Å²) < 4.78 is 4.70. The van der Waals surface area contributed by atoms with Crippen molar-refractivity contribution in [1.82, 2.24) is 4.98 Å². The van der Waals surface area contributed by atoms with Crippen LogP contribution in [-0.4, -0.2) is 42.4 Å². The van der Waals surface area contributed by atoms with Gasteiger partial charge in [-0.25, -0.2) is 9.78 Å². The highest BCUT2D eigenvalue weighted by molar-refractivity contribution is 5.94. The average Bonchev–Trinajstić information content (AvgIpc) is 2.75. The van der Waals surface area contributed by atoms with Crippen LogP contribution in [0, 0.1) is 0 Å². The van der Waals surface area contributed by atoms with Gasteiger partial charge in [-0.05, 0) is 18.6 Å². The lowest BCUT2D eigenvalue weighted by Gasteiger charge is -2.18. The molecule has 1 aromatic heterocycles. The monoisotopic (exact) mass is 222 g/mol. The zero-order valence-corrected chi connectivity index (χ0v) is 9.09. The Labute approximate surface area is 93.7 Å². The summed E-state index contributed by atoms with van der Waals surface area (Å²) in [4.78, 5) is 17.6. The van der Waals surface area contributed by atoms with E-state index < -0.39 is 5.97 Å². The molecule has 1 aromatic rings. The first-order valence-electron chi connectivity index (χ1n) is 5.18. The number of β-amino-alcohol motifs (C(OH)–C–C–N with tert-alkyl or cyclic N) is 1. The topological polar surface area (TPSA) is 62.7 Å². The van der Waals surface area contributed by atoms with E-state index in [4.69, 9.17) is 4.74 Å². The Balaban J connectivity index is 2.29. The fourth-order valence-electron chi connectivity index (χ4n) is 1.85. The number of aliphatic hydroxyl groups excluding tert-OH is 1. The number of methoxy groups -OCH3 is 1. The van der Waals surface area contributed by atoms with Crippen LogP contribution in [0.25, 0.3) is 0 Å². The molecule has 1 N–H and O–H groups in total. The lowest BCUT2D eigenvalue weighted by atomic mass is 10.2. The largest absolute Gasteiger partial charge is 0.465 e. The molecule has 0 radical (unpaired) electrons. The minimum atomic E-state index is -0.399. The second-order valence-corrected chi connectivity index (χ2v) is 3.75. The molecule has 1 aliphatic rings. The van der Waals surface area contributed by atoms with Crippen molar-refractivity contribution in [1.29, 1.82) is 0 Å². The van der Waals surface area contributed by atoms with Gasteiger partial charge in [-0.2, -0.15) is 0 Å². The van der Waals surface area contributed by atoms with Crippen molar-refractivity contribution in [2.24, 2.45) is 0 Å². The van der Waals surface area contributed by atoms with E-state index in [0.717, 1.165) is 0 Å². The van der Waals surface area contributed by atoms with Gasteiger partial charge in [0.15, 0.2) is 0 Å². The Morgan fingerprint density at radius 1 is 1.69 bits per heavy atom. The fourth-order valence-corrected chi connectivity index (χ4v) is 1.85. The summed E-state index contributed by atoms with van der Waals surface area (Å²) >= 11 is 0. The van der Waals surface area contributed by atoms with Crippen LogP contribution in [0.4, 0.5) is 5.82 Å². The van der Waals surface area contributed by atoms with Crippen molar-refractivity contribution in [3.63, 3.8) is 0 Å². The summed E-state index contributed by atoms with van der Waals surface area (Å²) in [5.41, 5.74) is 0.444. The van der Waals surface area contributed by atoms with Gasteiger partial charge in [0.05, 0.1) is 13.2 Å². The quantitative estimate of drug-likeness (QED) is 0.736. The SMILES string of the molecule is COC(=O)c1cccnc1N1CC[C@@H](O)C1. The lowest BCUT2D eigenvalue weighted by molar-refractivity contribution is 0.0601. The standard InChI is InChI=1S/C11H14N2O3/c1-16-11(15)9-3-2-5-12-10(9)13-6-4-8(14)7-13/h2-3,5,8,14H,4,6-7H2,1H3/t8-/m1/s1. The number of hydrogen-bond acceptors (Lipinski definition) is 5. The van der Waals surface area contributed by atoms with Crippen LogP contribution < -0.4 is 4.90 Å². The van der Waals surface area contributed by atoms with Crippen LogP contribution in [0.1, 0.15) is 16.8 Å². The van der Waals surface area contributed by atoms with Gasteiger partial charge in [0.1, 0.15) is 11.4 Å². The maximum atomic E-state index is 11.5. The minimum Gasteiger partial charge on any atom is -0.465 e. The highest BCUT2D eigenvalue weighted by Gasteiger charge is 2.25. The van der Waals surface area contributed by atoms with Gasteiger partial charge in [-0.1, -0.05) is 0 Å². The highest BCUT2D eigenvalue weighted by atomic mass is 16.5. The number of aliphatic hydroxyl groups is 1. The number of rotatable bonds is 2. The summed E-state index contributed by atoms with van der Waals surface area (Å²) in [5, 5.41) is 9.46. The Morgan fingerprint density at radius 3 is 3.12 bits per heavy atom. The summed E-state index contributed by atoms with van der Waals surface area (Å²) in [6, 6.07) is 3.38.